The largest absolute Gasteiger partial charge is 0.760 e. The lowest BCUT2D eigenvalue weighted by atomic mass is 15.9. The van der Waals surface area contributed by atoms with Gasteiger partial charge in [0.05, 0.1) is 10.1 Å². The average molecular weight is 159 g/mol. The van der Waals surface area contributed by atoms with Gasteiger partial charge in [0.25, 0.3) is 0 Å². The monoisotopic (exact) mass is 159 g/mol. The Bertz CT molecular complexity index is 164. The minimum Gasteiger partial charge on any atom is -0.760 e. The first-order chi connectivity index (χ1) is 2.94. The lowest BCUT2D eigenvalue weighted by Crippen LogP contribution is -2.04. The van der Waals surface area contributed by atoms with Crippen molar-refractivity contribution in [3.8, 4) is 0 Å². The van der Waals surface area contributed by atoms with Gasteiger partial charge >= 0.3 is 0 Å². The Labute approximate surface area is 45.6 Å². The Morgan fingerprint density at radius 3 is 1.71 bits per heavy atom. The zero-order valence-corrected chi connectivity index (χ0v) is 7.08. The summed E-state index contributed by atoms with van der Waals surface area (Å²) in [5, 5.41) is 0. The van der Waals surface area contributed by atoms with E-state index in [2.05, 4.69) is 0 Å². The van der Waals surface area contributed by atoms with Crippen LogP contribution in [0.1, 0.15) is 0 Å². The summed E-state index contributed by atoms with van der Waals surface area (Å²) in [7, 11) is -6.91. The van der Waals surface area contributed by atoms with Gasteiger partial charge in [0, 0.05) is 0 Å². The van der Waals surface area contributed by atoms with Crippen molar-refractivity contribution in [1.82, 2.24) is 0 Å². The van der Waals surface area contributed by atoms with E-state index in [9.17, 15) is 17.2 Å². The second kappa shape index (κ2) is 2.03. The normalized spacial score (nSPS) is 16.7. The maximum absolute atomic E-state index is 9.78. The lowest BCUT2D eigenvalue weighted by Gasteiger charge is -1.97. The summed E-state index contributed by atoms with van der Waals surface area (Å²) in [4.78, 5) is 0. The smallest absolute Gasteiger partial charge is 0.174 e. The molecule has 0 aromatic rings. The van der Waals surface area contributed by atoms with Gasteiger partial charge in [0.2, 0.25) is 0 Å². The summed E-state index contributed by atoms with van der Waals surface area (Å²) in [6.07, 6.45) is 0. The molecule has 4 nitrogen and oxygen atoms in total. The molecule has 0 saturated heterocycles. The molecule has 0 heterocycles. The van der Waals surface area contributed by atoms with Crippen molar-refractivity contribution >= 4 is 27.8 Å². The Balaban J connectivity index is 4.43. The van der Waals surface area contributed by atoms with Gasteiger partial charge in [-0.1, -0.05) is 0 Å². The van der Waals surface area contributed by atoms with E-state index >= 15 is 0 Å². The highest BCUT2D eigenvalue weighted by Gasteiger charge is 1.96. The fourth-order valence-electron chi connectivity index (χ4n) is 0. The molecule has 7 heavy (non-hydrogen) atoms. The van der Waals surface area contributed by atoms with Gasteiger partial charge in [0.1, 0.15) is 0 Å². The topological polar surface area (TPSA) is 74.3 Å². The minimum atomic E-state index is -3.69. The fourth-order valence-corrected chi connectivity index (χ4v) is 0. The molecule has 0 saturated carbocycles. The molecule has 0 aromatic carbocycles. The Morgan fingerprint density at radius 2 is 1.71 bits per heavy atom. The van der Waals surface area contributed by atoms with Crippen LogP contribution in [0.5, 0.6) is 0 Å². The number of hydrogen-bond acceptors (Lipinski definition) is 4. The number of rotatable bonds is 1. The second-order valence-electron chi connectivity index (χ2n) is 0.908. The third kappa shape index (κ3) is 2.91. The molecule has 0 spiro atoms. The zero-order valence-electron chi connectivity index (χ0n) is 3.45. The minimum absolute atomic E-state index is 0.328. The fraction of sp³-hybridized carbons (Fsp3) is 0. The van der Waals surface area contributed by atoms with E-state index in [1.54, 1.807) is 0 Å². The van der Waals surface area contributed by atoms with E-state index in [0.29, 0.717) is 0 Å². The third-order valence-corrected chi connectivity index (χ3v) is 4.67. The molecule has 0 rings (SSSR count). The standard InChI is InChI=1S/H4O4S2Si/c1-5(2)6(3,4)7/h7H3,(H,1,2)/p-1. The van der Waals surface area contributed by atoms with E-state index in [1.165, 1.54) is 0 Å². The van der Waals surface area contributed by atoms with Crippen LogP contribution in [0, 0.1) is 0 Å². The van der Waals surface area contributed by atoms with E-state index in [0.717, 1.165) is 0 Å². The van der Waals surface area contributed by atoms with Crippen LogP contribution < -0.4 is 0 Å². The molecule has 0 fully saturated rings. The first kappa shape index (κ1) is 7.28. The third-order valence-electron chi connectivity index (χ3n) is 0.247. The number of hydrogen-bond donors (Lipinski definition) is 0. The zero-order chi connectivity index (χ0) is 6.08. The van der Waals surface area contributed by atoms with Gasteiger partial charge in [-0.15, -0.1) is 0 Å². The predicted molar refractivity (Wildman–Crippen MR) is 27.8 cm³/mol. The summed E-state index contributed by atoms with van der Waals surface area (Å²) < 4.78 is 38.5. The summed E-state index contributed by atoms with van der Waals surface area (Å²) in [6.45, 7) is 0. The summed E-state index contributed by atoms with van der Waals surface area (Å²) in [5.41, 5.74) is 0. The molecule has 7 heteroatoms. The van der Waals surface area contributed by atoms with Gasteiger partial charge in [-0.05, 0) is 0 Å². The maximum Gasteiger partial charge on any atom is 0.174 e. The van der Waals surface area contributed by atoms with Crippen LogP contribution in [0.4, 0.5) is 0 Å². The van der Waals surface area contributed by atoms with Crippen molar-refractivity contribution in [2.45, 2.75) is 0 Å². The van der Waals surface area contributed by atoms with Crippen molar-refractivity contribution in [2.24, 2.45) is 0 Å². The summed E-state index contributed by atoms with van der Waals surface area (Å²) >= 11 is 0. The predicted octanol–water partition coefficient (Wildman–Crippen LogP) is -2.52. The molecule has 1 atom stereocenters. The van der Waals surface area contributed by atoms with E-state index in [4.69, 9.17) is 0 Å². The molecule has 1 unspecified atom stereocenters. The Morgan fingerprint density at radius 1 is 1.57 bits per heavy atom. The molecule has 0 radical (unpaired) electrons. The van der Waals surface area contributed by atoms with Crippen LogP contribution in [-0.4, -0.2) is 26.6 Å². The Hall–Kier alpha value is 0.277. The van der Waals surface area contributed by atoms with Gasteiger partial charge < -0.3 is 4.55 Å². The van der Waals surface area contributed by atoms with Crippen molar-refractivity contribution in [1.29, 1.82) is 0 Å². The van der Waals surface area contributed by atoms with E-state index in [-0.39, 0.29) is 9.39 Å². The second-order valence-corrected chi connectivity index (χ2v) is 10.4. The highest BCUT2D eigenvalue weighted by Crippen LogP contribution is 1.82. The summed E-state index contributed by atoms with van der Waals surface area (Å²) in [6, 6.07) is 0. The molecule has 44 valence electrons. The Kier molecular flexibility index (Phi) is 2.11. The molecule has 0 aromatic heterocycles. The lowest BCUT2D eigenvalue weighted by molar-refractivity contribution is 0.543. The molecule has 0 bridgehead atoms. The SMILES string of the molecule is O=S([O-])S(=O)(=O)[SiH3]. The summed E-state index contributed by atoms with van der Waals surface area (Å²) in [5.74, 6) is 0. The molecule has 0 aliphatic heterocycles. The van der Waals surface area contributed by atoms with Crippen molar-refractivity contribution < 1.29 is 17.2 Å². The highest BCUT2D eigenvalue weighted by molar-refractivity contribution is 8.70. The highest BCUT2D eigenvalue weighted by atomic mass is 33.2. The van der Waals surface area contributed by atoms with Gasteiger partial charge in [-0.3, -0.25) is 4.21 Å². The first-order valence-corrected chi connectivity index (χ1v) is 7.17. The molecule has 0 aliphatic rings. The van der Waals surface area contributed by atoms with Crippen LogP contribution >= 0.6 is 0 Å². The van der Waals surface area contributed by atoms with Crippen molar-refractivity contribution in [2.75, 3.05) is 0 Å². The molecular formula is H3O4S2Si-. The quantitative estimate of drug-likeness (QED) is 0.240. The van der Waals surface area contributed by atoms with Gasteiger partial charge in [0.15, 0.2) is 17.7 Å². The van der Waals surface area contributed by atoms with E-state index < -0.39 is 18.4 Å². The molecule has 0 amide bonds. The molecule has 0 N–H and O–H groups in total. The maximum atomic E-state index is 9.78. The molecular weight excluding hydrogens is 156 g/mol. The van der Waals surface area contributed by atoms with Crippen molar-refractivity contribution in [3.05, 3.63) is 0 Å². The van der Waals surface area contributed by atoms with Crippen molar-refractivity contribution in [3.63, 3.8) is 0 Å². The average Bonchev–Trinajstić information content (AvgIpc) is 1.31. The molecule has 0 aliphatic carbocycles. The van der Waals surface area contributed by atoms with Crippen LogP contribution in [-0.2, 0) is 18.4 Å². The van der Waals surface area contributed by atoms with E-state index in [1.807, 2.05) is 0 Å². The van der Waals surface area contributed by atoms with Gasteiger partial charge in [-0.2, -0.15) is 0 Å². The van der Waals surface area contributed by atoms with Crippen LogP contribution in [0.25, 0.3) is 0 Å². The first-order valence-electron chi connectivity index (χ1n) is 1.24. The van der Waals surface area contributed by atoms with Crippen LogP contribution in [0.2, 0.25) is 0 Å². The van der Waals surface area contributed by atoms with Crippen LogP contribution in [0.3, 0.4) is 0 Å². The van der Waals surface area contributed by atoms with Crippen LogP contribution in [0.15, 0.2) is 0 Å². The van der Waals surface area contributed by atoms with Gasteiger partial charge in [-0.25, -0.2) is 8.42 Å².